The third kappa shape index (κ3) is 3.13. The van der Waals surface area contributed by atoms with Gasteiger partial charge in [0.15, 0.2) is 0 Å². The van der Waals surface area contributed by atoms with E-state index < -0.39 is 4.92 Å². The molecule has 2 rings (SSSR count). The predicted octanol–water partition coefficient (Wildman–Crippen LogP) is 2.88. The first kappa shape index (κ1) is 13.6. The van der Waals surface area contributed by atoms with Gasteiger partial charge in [0.1, 0.15) is 5.82 Å². The Morgan fingerprint density at radius 2 is 2.26 bits per heavy atom. The van der Waals surface area contributed by atoms with Gasteiger partial charge in [-0.1, -0.05) is 19.8 Å². The van der Waals surface area contributed by atoms with Gasteiger partial charge in [0.25, 0.3) is 0 Å². The van der Waals surface area contributed by atoms with Crippen LogP contribution in [0.2, 0.25) is 0 Å². The lowest BCUT2D eigenvalue weighted by molar-refractivity contribution is -0.384. The molecule has 0 amide bonds. The van der Waals surface area contributed by atoms with Crippen molar-refractivity contribution in [3.63, 3.8) is 0 Å². The zero-order chi connectivity index (χ0) is 13.8. The number of rotatable bonds is 5. The normalized spacial score (nSPS) is 22.2. The maximum absolute atomic E-state index is 11.0. The highest BCUT2D eigenvalue weighted by atomic mass is 16.6. The fraction of sp³-hybridized carbons (Fsp3) is 0.615. The molecule has 1 saturated carbocycles. The highest BCUT2D eigenvalue weighted by Gasteiger charge is 2.24. The molecule has 1 aromatic rings. The van der Waals surface area contributed by atoms with Crippen molar-refractivity contribution < 1.29 is 4.92 Å². The van der Waals surface area contributed by atoms with Crippen LogP contribution < -0.4 is 10.6 Å². The molecular formula is C13H20N4O2. The summed E-state index contributed by atoms with van der Waals surface area (Å²) in [4.78, 5) is 14.8. The lowest BCUT2D eigenvalue weighted by Crippen LogP contribution is -2.18. The summed E-state index contributed by atoms with van der Waals surface area (Å²) in [7, 11) is 1.75. The fourth-order valence-electron chi connectivity index (χ4n) is 2.62. The van der Waals surface area contributed by atoms with Crippen molar-refractivity contribution in [3.05, 3.63) is 22.2 Å². The number of hydrogen-bond donors (Lipinski definition) is 2. The molecule has 2 atom stereocenters. The first-order valence-corrected chi connectivity index (χ1v) is 6.69. The Kier molecular flexibility index (Phi) is 4.19. The zero-order valence-corrected chi connectivity index (χ0v) is 11.3. The molecule has 0 aromatic carbocycles. The second-order valence-electron chi connectivity index (χ2n) is 5.12. The summed E-state index contributed by atoms with van der Waals surface area (Å²) < 4.78 is 0. The van der Waals surface area contributed by atoms with E-state index in [-0.39, 0.29) is 5.69 Å². The molecule has 0 bridgehead atoms. The summed E-state index contributed by atoms with van der Waals surface area (Å²) in [5.74, 6) is 2.25. The van der Waals surface area contributed by atoms with Gasteiger partial charge in [0.2, 0.25) is 5.82 Å². The van der Waals surface area contributed by atoms with Gasteiger partial charge in [-0.3, -0.25) is 10.1 Å². The molecule has 1 aliphatic rings. The molecule has 1 aromatic heterocycles. The van der Waals surface area contributed by atoms with E-state index in [2.05, 4.69) is 22.5 Å². The van der Waals surface area contributed by atoms with Crippen molar-refractivity contribution in [1.82, 2.24) is 4.98 Å². The van der Waals surface area contributed by atoms with E-state index in [9.17, 15) is 10.1 Å². The second kappa shape index (κ2) is 5.86. The smallest absolute Gasteiger partial charge is 0.311 e. The number of nitrogens with one attached hydrogen (secondary N) is 2. The minimum Gasteiger partial charge on any atom is -0.373 e. The average molecular weight is 264 g/mol. The van der Waals surface area contributed by atoms with E-state index in [0.717, 1.165) is 6.54 Å². The molecule has 2 unspecified atom stereocenters. The van der Waals surface area contributed by atoms with Crippen LogP contribution in [0.5, 0.6) is 0 Å². The van der Waals surface area contributed by atoms with Gasteiger partial charge in [-0.15, -0.1) is 0 Å². The van der Waals surface area contributed by atoms with Crippen molar-refractivity contribution >= 4 is 17.3 Å². The van der Waals surface area contributed by atoms with Gasteiger partial charge in [-0.25, -0.2) is 4.98 Å². The van der Waals surface area contributed by atoms with Gasteiger partial charge >= 0.3 is 5.69 Å². The molecule has 1 heterocycles. The molecule has 19 heavy (non-hydrogen) atoms. The van der Waals surface area contributed by atoms with Crippen LogP contribution in [-0.2, 0) is 0 Å². The average Bonchev–Trinajstić information content (AvgIpc) is 2.81. The molecule has 6 heteroatoms. The van der Waals surface area contributed by atoms with Crippen LogP contribution >= 0.6 is 0 Å². The first-order chi connectivity index (χ1) is 9.11. The van der Waals surface area contributed by atoms with Crippen molar-refractivity contribution in [2.45, 2.75) is 26.2 Å². The second-order valence-corrected chi connectivity index (χ2v) is 5.12. The van der Waals surface area contributed by atoms with E-state index in [4.69, 9.17) is 0 Å². The highest BCUT2D eigenvalue weighted by molar-refractivity contribution is 5.60. The summed E-state index contributed by atoms with van der Waals surface area (Å²) in [6.45, 7) is 2.99. The maximum atomic E-state index is 11.0. The summed E-state index contributed by atoms with van der Waals surface area (Å²) in [5.41, 5.74) is 0.0321. The predicted molar refractivity (Wildman–Crippen MR) is 75.4 cm³/mol. The minimum atomic E-state index is -0.396. The van der Waals surface area contributed by atoms with Crippen LogP contribution in [-0.4, -0.2) is 23.5 Å². The monoisotopic (exact) mass is 264 g/mol. The number of nitrogens with zero attached hydrogens (tertiary/aromatic N) is 2. The molecule has 1 fully saturated rings. The van der Waals surface area contributed by atoms with Gasteiger partial charge in [-0.2, -0.15) is 0 Å². The van der Waals surface area contributed by atoms with Gasteiger partial charge < -0.3 is 10.6 Å². The van der Waals surface area contributed by atoms with Crippen LogP contribution in [0.4, 0.5) is 17.3 Å². The van der Waals surface area contributed by atoms with Crippen LogP contribution in [0.1, 0.15) is 26.2 Å². The number of anilines is 2. The van der Waals surface area contributed by atoms with Crippen LogP contribution in [0.25, 0.3) is 0 Å². The van der Waals surface area contributed by atoms with Crippen molar-refractivity contribution in [2.24, 2.45) is 11.8 Å². The molecule has 0 saturated heterocycles. The van der Waals surface area contributed by atoms with Crippen LogP contribution in [0.15, 0.2) is 12.1 Å². The van der Waals surface area contributed by atoms with Crippen LogP contribution in [0.3, 0.4) is 0 Å². The number of pyridine rings is 1. The summed E-state index contributed by atoms with van der Waals surface area (Å²) in [5, 5.41) is 17.0. The molecule has 0 spiro atoms. The molecule has 0 aliphatic heterocycles. The summed E-state index contributed by atoms with van der Waals surface area (Å²) >= 11 is 0. The zero-order valence-electron chi connectivity index (χ0n) is 11.3. The van der Waals surface area contributed by atoms with E-state index in [1.807, 2.05) is 0 Å². The SMILES string of the molecule is CNc1ccc([N+](=O)[O-])c(NCC2CCCC2C)n1. The van der Waals surface area contributed by atoms with E-state index in [1.165, 1.54) is 25.3 Å². The number of hydrogen-bond acceptors (Lipinski definition) is 5. The number of aromatic nitrogens is 1. The lowest BCUT2D eigenvalue weighted by atomic mass is 9.98. The fourth-order valence-corrected chi connectivity index (χ4v) is 2.62. The Hall–Kier alpha value is -1.85. The number of nitro groups is 1. The summed E-state index contributed by atoms with van der Waals surface area (Å²) in [6.07, 6.45) is 3.69. The Labute approximate surface area is 112 Å². The first-order valence-electron chi connectivity index (χ1n) is 6.69. The third-order valence-corrected chi connectivity index (χ3v) is 3.90. The molecule has 0 radical (unpaired) electrons. The standard InChI is InChI=1S/C13H20N4O2/c1-9-4-3-5-10(9)8-15-13-11(17(18)19)6-7-12(14-2)16-13/h6-7,9-10H,3-5,8H2,1-2H3,(H2,14,15,16). The summed E-state index contributed by atoms with van der Waals surface area (Å²) in [6, 6.07) is 3.10. The molecular weight excluding hydrogens is 244 g/mol. The van der Waals surface area contributed by atoms with Crippen molar-refractivity contribution in [1.29, 1.82) is 0 Å². The van der Waals surface area contributed by atoms with E-state index >= 15 is 0 Å². The Morgan fingerprint density at radius 1 is 1.47 bits per heavy atom. The maximum Gasteiger partial charge on any atom is 0.311 e. The molecule has 1 aliphatic carbocycles. The third-order valence-electron chi connectivity index (χ3n) is 3.90. The Morgan fingerprint density at radius 3 is 2.84 bits per heavy atom. The van der Waals surface area contributed by atoms with Gasteiger partial charge in [-0.05, 0) is 24.3 Å². The van der Waals surface area contributed by atoms with E-state index in [1.54, 1.807) is 13.1 Å². The highest BCUT2D eigenvalue weighted by Crippen LogP contribution is 2.32. The van der Waals surface area contributed by atoms with Crippen molar-refractivity contribution in [3.8, 4) is 0 Å². The Balaban J connectivity index is 2.10. The molecule has 104 valence electrons. The van der Waals surface area contributed by atoms with E-state index in [0.29, 0.717) is 23.5 Å². The van der Waals surface area contributed by atoms with Gasteiger partial charge in [0.05, 0.1) is 4.92 Å². The Bertz CT molecular complexity index is 464. The lowest BCUT2D eigenvalue weighted by Gasteiger charge is -2.16. The van der Waals surface area contributed by atoms with Crippen molar-refractivity contribution in [2.75, 3.05) is 24.2 Å². The topological polar surface area (TPSA) is 80.1 Å². The van der Waals surface area contributed by atoms with Crippen LogP contribution in [0, 0.1) is 22.0 Å². The molecule has 2 N–H and O–H groups in total. The quantitative estimate of drug-likeness (QED) is 0.631. The molecule has 6 nitrogen and oxygen atoms in total. The largest absolute Gasteiger partial charge is 0.373 e. The van der Waals surface area contributed by atoms with Gasteiger partial charge in [0, 0.05) is 19.7 Å². The minimum absolute atomic E-state index is 0.0321.